The van der Waals surface area contributed by atoms with E-state index in [2.05, 4.69) is 6.07 Å². The van der Waals surface area contributed by atoms with Gasteiger partial charge < -0.3 is 14.0 Å². The Labute approximate surface area is 178 Å². The van der Waals surface area contributed by atoms with Crippen molar-refractivity contribution in [2.75, 3.05) is 20.3 Å². The molecule has 0 unspecified atom stereocenters. The maximum atomic E-state index is 12.8. The normalized spacial score (nSPS) is 10.6. The van der Waals surface area contributed by atoms with Crippen molar-refractivity contribution in [3.05, 3.63) is 50.7 Å². The van der Waals surface area contributed by atoms with Crippen LogP contribution in [-0.4, -0.2) is 31.3 Å². The standard InChI is InChI=1S/C16H14Cl2F2NO3.Y/c1-23-6-7-24-10-2-3-11(13(18)8-10)14-5-4-12(17)16(22)21(14)9-15(19)20;/h2-4,8,15H,6-7,9H2,1H3;/q-1;. The van der Waals surface area contributed by atoms with Gasteiger partial charge in [-0.25, -0.2) is 8.78 Å². The molecule has 133 valence electrons. The average molecular weight is 466 g/mol. The first-order chi connectivity index (χ1) is 11.4. The second-order valence-corrected chi connectivity index (χ2v) is 5.59. The summed E-state index contributed by atoms with van der Waals surface area (Å²) in [6.07, 6.45) is -2.72. The van der Waals surface area contributed by atoms with E-state index in [1.807, 2.05) is 0 Å². The number of pyridine rings is 1. The summed E-state index contributed by atoms with van der Waals surface area (Å²) in [6, 6.07) is 8.70. The van der Waals surface area contributed by atoms with Gasteiger partial charge in [-0.15, -0.1) is 6.07 Å². The number of alkyl halides is 2. The molecule has 9 heteroatoms. The van der Waals surface area contributed by atoms with E-state index in [0.717, 1.165) is 4.57 Å². The molecule has 0 amide bonds. The van der Waals surface area contributed by atoms with Gasteiger partial charge in [0.05, 0.1) is 13.2 Å². The van der Waals surface area contributed by atoms with Crippen molar-refractivity contribution >= 4 is 23.2 Å². The molecule has 0 spiro atoms. The average Bonchev–Trinajstić information content (AvgIpc) is 2.53. The van der Waals surface area contributed by atoms with E-state index < -0.39 is 18.5 Å². The fourth-order valence-electron chi connectivity index (χ4n) is 2.06. The van der Waals surface area contributed by atoms with Gasteiger partial charge in [0.15, 0.2) is 0 Å². The third kappa shape index (κ3) is 6.00. The van der Waals surface area contributed by atoms with Gasteiger partial charge in [0.2, 0.25) is 5.56 Å². The fourth-order valence-corrected chi connectivity index (χ4v) is 2.47. The Morgan fingerprint density at radius 3 is 2.56 bits per heavy atom. The van der Waals surface area contributed by atoms with Gasteiger partial charge in [-0.2, -0.15) is 23.7 Å². The van der Waals surface area contributed by atoms with Crippen molar-refractivity contribution in [1.29, 1.82) is 0 Å². The van der Waals surface area contributed by atoms with Gasteiger partial charge in [-0.3, -0.25) is 4.79 Å². The number of hydrogen-bond donors (Lipinski definition) is 0. The van der Waals surface area contributed by atoms with Crippen LogP contribution in [0.5, 0.6) is 5.75 Å². The van der Waals surface area contributed by atoms with E-state index in [0.29, 0.717) is 24.5 Å². The number of hydrogen-bond acceptors (Lipinski definition) is 3. The summed E-state index contributed by atoms with van der Waals surface area (Å²) >= 11 is 11.9. The number of aromatic nitrogens is 1. The van der Waals surface area contributed by atoms with Crippen LogP contribution < -0.4 is 10.3 Å². The zero-order valence-corrected chi connectivity index (χ0v) is 17.6. The SMILES string of the molecule is COCCOc1ccc(-c2[c-]cc(Cl)c(=O)n2CC(F)F)c(Cl)c1.[Y]. The molecule has 4 nitrogen and oxygen atoms in total. The minimum Gasteiger partial charge on any atom is -0.491 e. The smallest absolute Gasteiger partial charge is 0.256 e. The Balaban J connectivity index is 0.00000312. The van der Waals surface area contributed by atoms with E-state index in [-0.39, 0.29) is 48.4 Å². The zero-order valence-electron chi connectivity index (χ0n) is 13.3. The molecule has 1 aromatic heterocycles. The second kappa shape index (κ2) is 10.6. The van der Waals surface area contributed by atoms with Crippen molar-refractivity contribution in [1.82, 2.24) is 4.57 Å². The quantitative estimate of drug-likeness (QED) is 0.459. The van der Waals surface area contributed by atoms with Gasteiger partial charge in [0.1, 0.15) is 12.4 Å². The Morgan fingerprint density at radius 1 is 1.24 bits per heavy atom. The fraction of sp³-hybridized carbons (Fsp3) is 0.312. The van der Waals surface area contributed by atoms with Crippen LogP contribution in [0.3, 0.4) is 0 Å². The van der Waals surface area contributed by atoms with Crippen molar-refractivity contribution in [3.8, 4) is 17.0 Å². The molecule has 25 heavy (non-hydrogen) atoms. The van der Waals surface area contributed by atoms with E-state index in [9.17, 15) is 13.6 Å². The largest absolute Gasteiger partial charge is 0.491 e. The number of benzene rings is 1. The van der Waals surface area contributed by atoms with Crippen LogP contribution in [0.2, 0.25) is 10.0 Å². The maximum absolute atomic E-state index is 12.8. The summed E-state index contributed by atoms with van der Waals surface area (Å²) in [5.41, 5.74) is -0.203. The van der Waals surface area contributed by atoms with E-state index in [1.165, 1.54) is 12.1 Å². The van der Waals surface area contributed by atoms with Crippen LogP contribution in [0.4, 0.5) is 8.78 Å². The van der Waals surface area contributed by atoms with Crippen LogP contribution in [0.1, 0.15) is 0 Å². The van der Waals surface area contributed by atoms with Crippen LogP contribution >= 0.6 is 23.2 Å². The molecule has 0 N–H and O–H groups in total. The molecule has 0 aliphatic heterocycles. The number of rotatable bonds is 7. The van der Waals surface area contributed by atoms with E-state index in [4.69, 9.17) is 32.7 Å². The van der Waals surface area contributed by atoms with Gasteiger partial charge in [0.25, 0.3) is 6.43 Å². The molecule has 0 bridgehead atoms. The van der Waals surface area contributed by atoms with Crippen LogP contribution in [0, 0.1) is 6.07 Å². The predicted molar refractivity (Wildman–Crippen MR) is 88.4 cm³/mol. The monoisotopic (exact) mass is 465 g/mol. The van der Waals surface area contributed by atoms with Gasteiger partial charge in [-0.05, 0) is 17.2 Å². The van der Waals surface area contributed by atoms with Crippen LogP contribution in [0.15, 0.2) is 29.1 Å². The van der Waals surface area contributed by atoms with Gasteiger partial charge in [-0.1, -0.05) is 22.9 Å². The third-order valence-corrected chi connectivity index (χ3v) is 3.71. The summed E-state index contributed by atoms with van der Waals surface area (Å²) < 4.78 is 36.7. The van der Waals surface area contributed by atoms with Crippen molar-refractivity contribution in [2.45, 2.75) is 13.0 Å². The number of methoxy groups -OCH3 is 1. The molecular weight excluding hydrogens is 452 g/mol. The number of halogens is 4. The summed E-state index contributed by atoms with van der Waals surface area (Å²) in [7, 11) is 1.55. The number of ether oxygens (including phenoxy) is 2. The van der Waals surface area contributed by atoms with E-state index in [1.54, 1.807) is 19.2 Å². The maximum Gasteiger partial charge on any atom is 0.256 e. The molecule has 0 aliphatic rings. The first-order valence-electron chi connectivity index (χ1n) is 6.95. The summed E-state index contributed by atoms with van der Waals surface area (Å²) in [5, 5.41) is 0.0564. The molecule has 0 atom stereocenters. The molecule has 1 radical (unpaired) electrons. The molecule has 0 saturated carbocycles. The van der Waals surface area contributed by atoms with Crippen LogP contribution in [-0.2, 0) is 44.0 Å². The topological polar surface area (TPSA) is 40.5 Å². The molecule has 2 aromatic rings. The summed E-state index contributed by atoms with van der Waals surface area (Å²) in [6.45, 7) is -0.0404. The zero-order chi connectivity index (χ0) is 17.7. The third-order valence-electron chi connectivity index (χ3n) is 3.13. The number of nitrogens with zero attached hydrogens (tertiary/aromatic N) is 1. The van der Waals surface area contributed by atoms with Crippen molar-refractivity contribution in [3.63, 3.8) is 0 Å². The van der Waals surface area contributed by atoms with Gasteiger partial charge in [0, 0.05) is 44.8 Å². The van der Waals surface area contributed by atoms with Gasteiger partial charge >= 0.3 is 0 Å². The Bertz CT molecular complexity index is 772. The minimum atomic E-state index is -2.72. The van der Waals surface area contributed by atoms with Crippen molar-refractivity contribution < 1.29 is 51.0 Å². The minimum absolute atomic E-state index is 0. The first-order valence-corrected chi connectivity index (χ1v) is 7.70. The second-order valence-electron chi connectivity index (χ2n) is 4.77. The molecule has 2 rings (SSSR count). The predicted octanol–water partition coefficient (Wildman–Crippen LogP) is 3.91. The molecule has 1 heterocycles. The van der Waals surface area contributed by atoms with Crippen LogP contribution in [0.25, 0.3) is 11.3 Å². The Hall–Kier alpha value is -0.526. The molecule has 1 aromatic carbocycles. The molecule has 0 aliphatic carbocycles. The Kier molecular flexibility index (Phi) is 9.53. The first kappa shape index (κ1) is 22.5. The summed E-state index contributed by atoms with van der Waals surface area (Å²) in [5.74, 6) is 0.498. The summed E-state index contributed by atoms with van der Waals surface area (Å²) in [4.78, 5) is 12.0. The molecule has 0 fully saturated rings. The van der Waals surface area contributed by atoms with Crippen molar-refractivity contribution in [2.24, 2.45) is 0 Å². The van der Waals surface area contributed by atoms with E-state index >= 15 is 0 Å². The molecule has 0 saturated heterocycles. The Morgan fingerprint density at radius 2 is 1.96 bits per heavy atom. The molecular formula is C16H14Cl2F2NO3Y-.